The molecule has 0 amide bonds. The number of fused-ring (bicyclic) bond motifs is 1. The van der Waals surface area contributed by atoms with Crippen LogP contribution >= 0.6 is 0 Å². The van der Waals surface area contributed by atoms with Gasteiger partial charge in [0.2, 0.25) is 0 Å². The molecule has 0 saturated carbocycles. The second-order valence-corrected chi connectivity index (χ2v) is 4.35. The van der Waals surface area contributed by atoms with Crippen molar-refractivity contribution >= 4 is 5.78 Å². The van der Waals surface area contributed by atoms with Gasteiger partial charge in [-0.15, -0.1) is 6.58 Å². The molecule has 0 spiro atoms. The fraction of sp³-hybridized carbons (Fsp3) is 0.400. The Hall–Kier alpha value is -1.41. The number of carbonyl (C=O) groups excluding carboxylic acids is 1. The smallest absolute Gasteiger partial charge is 0.166 e. The number of ether oxygens (including phenoxy) is 1. The van der Waals surface area contributed by atoms with Crippen molar-refractivity contribution in [3.05, 3.63) is 48.0 Å². The topological polar surface area (TPSA) is 26.3 Å². The van der Waals surface area contributed by atoms with Gasteiger partial charge in [0.05, 0.1) is 6.61 Å². The van der Waals surface area contributed by atoms with Crippen molar-refractivity contribution < 1.29 is 9.53 Å². The van der Waals surface area contributed by atoms with Gasteiger partial charge >= 0.3 is 0 Å². The molecule has 1 unspecified atom stereocenters. The fourth-order valence-corrected chi connectivity index (χ4v) is 2.21. The molecular formula is C15H18O2. The number of benzene rings is 1. The van der Waals surface area contributed by atoms with E-state index < -0.39 is 0 Å². The van der Waals surface area contributed by atoms with E-state index in [1.54, 1.807) is 0 Å². The van der Waals surface area contributed by atoms with E-state index in [1.165, 1.54) is 5.56 Å². The first-order valence-electron chi connectivity index (χ1n) is 6.16. The highest BCUT2D eigenvalue weighted by molar-refractivity contribution is 5.85. The van der Waals surface area contributed by atoms with Crippen LogP contribution in [0.2, 0.25) is 0 Å². The maximum atomic E-state index is 12.1. The molecular weight excluding hydrogens is 212 g/mol. The third kappa shape index (κ3) is 2.83. The molecule has 2 rings (SSSR count). The maximum absolute atomic E-state index is 12.1. The van der Waals surface area contributed by atoms with Crippen LogP contribution in [-0.4, -0.2) is 12.4 Å². The number of hydrogen-bond acceptors (Lipinski definition) is 2. The van der Waals surface area contributed by atoms with Gasteiger partial charge in [-0.05, 0) is 30.4 Å². The van der Waals surface area contributed by atoms with Gasteiger partial charge in [-0.2, -0.15) is 0 Å². The second kappa shape index (κ2) is 5.78. The zero-order valence-corrected chi connectivity index (χ0v) is 10.0. The lowest BCUT2D eigenvalue weighted by atomic mass is 9.93. The molecule has 1 atom stereocenters. The van der Waals surface area contributed by atoms with Gasteiger partial charge in [0.1, 0.15) is 6.10 Å². The highest BCUT2D eigenvalue weighted by atomic mass is 16.5. The van der Waals surface area contributed by atoms with E-state index in [-0.39, 0.29) is 11.9 Å². The molecule has 2 nitrogen and oxygen atoms in total. The molecule has 1 aliphatic heterocycles. The monoisotopic (exact) mass is 230 g/mol. The van der Waals surface area contributed by atoms with Gasteiger partial charge in [-0.3, -0.25) is 4.79 Å². The van der Waals surface area contributed by atoms with Crippen LogP contribution in [0.1, 0.15) is 36.5 Å². The number of carbonyl (C=O) groups is 1. The molecule has 0 saturated heterocycles. The molecule has 0 N–H and O–H groups in total. The molecule has 2 heteroatoms. The van der Waals surface area contributed by atoms with Crippen LogP contribution in [0.15, 0.2) is 36.9 Å². The molecule has 0 aromatic heterocycles. The number of allylic oxidation sites excluding steroid dienone is 1. The highest BCUT2D eigenvalue weighted by Crippen LogP contribution is 2.28. The molecule has 0 fully saturated rings. The quantitative estimate of drug-likeness (QED) is 0.573. The summed E-state index contributed by atoms with van der Waals surface area (Å²) >= 11 is 0. The molecule has 1 aromatic rings. The minimum absolute atomic E-state index is 0.194. The van der Waals surface area contributed by atoms with E-state index in [2.05, 4.69) is 12.6 Å². The Morgan fingerprint density at radius 3 is 3.12 bits per heavy atom. The fourth-order valence-electron chi connectivity index (χ4n) is 2.21. The van der Waals surface area contributed by atoms with Gasteiger partial charge in [0.25, 0.3) is 0 Å². The van der Waals surface area contributed by atoms with Gasteiger partial charge in [-0.25, -0.2) is 0 Å². The molecule has 1 aromatic carbocycles. The van der Waals surface area contributed by atoms with Crippen LogP contribution in [0.3, 0.4) is 0 Å². The molecule has 0 radical (unpaired) electrons. The van der Waals surface area contributed by atoms with E-state index in [0.717, 1.165) is 24.8 Å². The molecule has 0 bridgehead atoms. The Morgan fingerprint density at radius 1 is 1.47 bits per heavy atom. The third-order valence-corrected chi connectivity index (χ3v) is 3.12. The molecule has 0 aliphatic carbocycles. The van der Waals surface area contributed by atoms with Gasteiger partial charge < -0.3 is 4.74 Å². The zero-order valence-electron chi connectivity index (χ0n) is 10.0. The largest absolute Gasteiger partial charge is 0.365 e. The summed E-state index contributed by atoms with van der Waals surface area (Å²) in [5.74, 6) is 0.194. The molecule has 90 valence electrons. The average Bonchev–Trinajstić information content (AvgIpc) is 2.38. The number of hydrogen-bond donors (Lipinski definition) is 0. The van der Waals surface area contributed by atoms with Crippen LogP contribution < -0.4 is 0 Å². The van der Waals surface area contributed by atoms with E-state index in [0.29, 0.717) is 13.0 Å². The standard InChI is InChI=1S/C15H18O2/c1-2-3-4-9-14(16)15-13-8-6-5-7-12(13)10-11-17-15/h2,5-8,15H,1,3-4,9-11H2. The number of unbranched alkanes of at least 4 members (excludes halogenated alkanes) is 1. The molecule has 1 heterocycles. The summed E-state index contributed by atoms with van der Waals surface area (Å²) in [7, 11) is 0. The first-order valence-corrected chi connectivity index (χ1v) is 6.16. The van der Waals surface area contributed by atoms with E-state index in [1.807, 2.05) is 24.3 Å². The maximum Gasteiger partial charge on any atom is 0.166 e. The predicted molar refractivity (Wildman–Crippen MR) is 67.9 cm³/mol. The van der Waals surface area contributed by atoms with Crippen LogP contribution in [0.4, 0.5) is 0 Å². The van der Waals surface area contributed by atoms with E-state index >= 15 is 0 Å². The summed E-state index contributed by atoms with van der Waals surface area (Å²) in [6.45, 7) is 4.31. The van der Waals surface area contributed by atoms with Crippen molar-refractivity contribution in [2.75, 3.05) is 6.61 Å². The van der Waals surface area contributed by atoms with Crippen LogP contribution in [0.5, 0.6) is 0 Å². The summed E-state index contributed by atoms with van der Waals surface area (Å²) in [6, 6.07) is 8.08. The molecule has 1 aliphatic rings. The van der Waals surface area contributed by atoms with Crippen LogP contribution in [0.25, 0.3) is 0 Å². The summed E-state index contributed by atoms with van der Waals surface area (Å²) in [4.78, 5) is 12.1. The van der Waals surface area contributed by atoms with Crippen molar-refractivity contribution in [3.8, 4) is 0 Å². The Bertz CT molecular complexity index is 409. The first kappa shape index (κ1) is 12.1. The van der Waals surface area contributed by atoms with Crippen molar-refractivity contribution in [2.45, 2.75) is 31.8 Å². The SMILES string of the molecule is C=CCCCC(=O)C1OCCc2ccccc21. The lowest BCUT2D eigenvalue weighted by Crippen LogP contribution is -2.23. The molecule has 17 heavy (non-hydrogen) atoms. The van der Waals surface area contributed by atoms with Crippen molar-refractivity contribution in [2.24, 2.45) is 0 Å². The summed E-state index contributed by atoms with van der Waals surface area (Å²) < 4.78 is 5.62. The summed E-state index contributed by atoms with van der Waals surface area (Å²) in [6.07, 6.45) is 4.75. The second-order valence-electron chi connectivity index (χ2n) is 4.35. The van der Waals surface area contributed by atoms with Crippen molar-refractivity contribution in [1.29, 1.82) is 0 Å². The van der Waals surface area contributed by atoms with Gasteiger partial charge in [0, 0.05) is 6.42 Å². The third-order valence-electron chi connectivity index (χ3n) is 3.12. The normalized spacial score (nSPS) is 18.5. The summed E-state index contributed by atoms with van der Waals surface area (Å²) in [5, 5.41) is 0. The highest BCUT2D eigenvalue weighted by Gasteiger charge is 2.26. The number of rotatable bonds is 5. The Kier molecular flexibility index (Phi) is 4.10. The van der Waals surface area contributed by atoms with Gasteiger partial charge in [0.15, 0.2) is 5.78 Å². The van der Waals surface area contributed by atoms with Gasteiger partial charge in [-0.1, -0.05) is 30.3 Å². The minimum Gasteiger partial charge on any atom is -0.365 e. The Balaban J connectivity index is 2.07. The van der Waals surface area contributed by atoms with Crippen molar-refractivity contribution in [3.63, 3.8) is 0 Å². The average molecular weight is 230 g/mol. The summed E-state index contributed by atoms with van der Waals surface area (Å²) in [5.41, 5.74) is 2.31. The van der Waals surface area contributed by atoms with E-state index in [4.69, 9.17) is 4.74 Å². The van der Waals surface area contributed by atoms with E-state index in [9.17, 15) is 4.79 Å². The number of Topliss-reactive ketones (excluding diaryl/α,β-unsaturated/α-hetero) is 1. The predicted octanol–water partition coefficient (Wildman–Crippen LogP) is 3.23. The Morgan fingerprint density at radius 2 is 2.29 bits per heavy atom. The number of ketones is 1. The van der Waals surface area contributed by atoms with Crippen LogP contribution in [0, 0.1) is 0 Å². The minimum atomic E-state index is -0.343. The first-order chi connectivity index (χ1) is 8.33. The zero-order chi connectivity index (χ0) is 12.1. The lowest BCUT2D eigenvalue weighted by molar-refractivity contribution is -0.131. The lowest BCUT2D eigenvalue weighted by Gasteiger charge is -2.24. The van der Waals surface area contributed by atoms with Crippen LogP contribution in [-0.2, 0) is 16.0 Å². The van der Waals surface area contributed by atoms with Crippen molar-refractivity contribution in [1.82, 2.24) is 0 Å². The Labute approximate surface area is 102 Å².